The highest BCUT2D eigenvalue weighted by Crippen LogP contribution is 2.45. The summed E-state index contributed by atoms with van der Waals surface area (Å²) in [5, 5.41) is 5.67. The molecule has 200 valence electrons. The van der Waals surface area contributed by atoms with Crippen LogP contribution in [-0.4, -0.2) is 93.7 Å². The van der Waals surface area contributed by atoms with Gasteiger partial charge in [0.15, 0.2) is 5.17 Å². The number of rotatable bonds is 11. The van der Waals surface area contributed by atoms with Gasteiger partial charge in [0, 0.05) is 39.0 Å². The van der Waals surface area contributed by atoms with Gasteiger partial charge in [-0.05, 0) is 30.0 Å². The van der Waals surface area contributed by atoms with Crippen molar-refractivity contribution in [1.82, 2.24) is 15.1 Å². The Morgan fingerprint density at radius 3 is 2.78 bits per heavy atom. The molecule has 0 spiro atoms. The molecule has 1 amide bonds. The van der Waals surface area contributed by atoms with Crippen molar-refractivity contribution in [2.45, 2.75) is 19.4 Å². The third kappa shape index (κ3) is 6.72. The largest absolute Gasteiger partial charge is 0.497 e. The van der Waals surface area contributed by atoms with Gasteiger partial charge in [0.25, 0.3) is 0 Å². The minimum atomic E-state index is -0.514. The first-order chi connectivity index (χ1) is 18.0. The SMILES string of the molecule is COCCOC(=O)C1=C(C)N=C2SC=C(CC(=O)NCCN3CCOCC3)N2C1c1cccc(OC)c1. The molecule has 0 aromatic heterocycles. The molecule has 0 radical (unpaired) electrons. The van der Waals surface area contributed by atoms with Gasteiger partial charge in [-0.2, -0.15) is 0 Å². The highest BCUT2D eigenvalue weighted by Gasteiger charge is 2.41. The monoisotopic (exact) mass is 530 g/mol. The fourth-order valence-electron chi connectivity index (χ4n) is 4.46. The molecule has 0 aliphatic carbocycles. The fourth-order valence-corrected chi connectivity index (χ4v) is 5.42. The third-order valence-corrected chi connectivity index (χ3v) is 7.24. The number of morpholine rings is 1. The van der Waals surface area contributed by atoms with Crippen molar-refractivity contribution in [1.29, 1.82) is 0 Å². The fraction of sp³-hybridized carbons (Fsp3) is 0.500. The first-order valence-corrected chi connectivity index (χ1v) is 13.2. The average molecular weight is 531 g/mol. The summed E-state index contributed by atoms with van der Waals surface area (Å²) in [6.45, 7) is 6.79. The maximum Gasteiger partial charge on any atom is 0.338 e. The number of amides is 1. The lowest BCUT2D eigenvalue weighted by atomic mass is 9.93. The highest BCUT2D eigenvalue weighted by atomic mass is 32.2. The first kappa shape index (κ1) is 27.2. The number of carbonyl (C=O) groups is 2. The van der Waals surface area contributed by atoms with Crippen LogP contribution < -0.4 is 10.1 Å². The van der Waals surface area contributed by atoms with Crippen LogP contribution in [0.2, 0.25) is 0 Å². The third-order valence-electron chi connectivity index (χ3n) is 6.35. The second-order valence-electron chi connectivity index (χ2n) is 8.78. The van der Waals surface area contributed by atoms with E-state index in [1.165, 1.54) is 11.8 Å². The molecule has 3 heterocycles. The maximum atomic E-state index is 13.2. The number of esters is 1. The van der Waals surface area contributed by atoms with Gasteiger partial charge in [0.1, 0.15) is 12.4 Å². The molecule has 10 nitrogen and oxygen atoms in total. The number of methoxy groups -OCH3 is 2. The minimum Gasteiger partial charge on any atom is -0.497 e. The van der Waals surface area contributed by atoms with E-state index in [4.69, 9.17) is 23.9 Å². The Kier molecular flexibility index (Phi) is 9.62. The second-order valence-corrected chi connectivity index (χ2v) is 9.62. The molecule has 37 heavy (non-hydrogen) atoms. The number of carbonyl (C=O) groups excluding carboxylic acids is 2. The van der Waals surface area contributed by atoms with Crippen LogP contribution in [-0.2, 0) is 23.8 Å². The lowest BCUT2D eigenvalue weighted by Crippen LogP contribution is -2.42. The van der Waals surface area contributed by atoms with Crippen LogP contribution >= 0.6 is 11.8 Å². The first-order valence-electron chi connectivity index (χ1n) is 12.3. The summed E-state index contributed by atoms with van der Waals surface area (Å²) in [5.41, 5.74) is 2.62. The van der Waals surface area contributed by atoms with E-state index in [1.807, 2.05) is 34.6 Å². The molecule has 1 aromatic rings. The Labute approximate surface area is 221 Å². The van der Waals surface area contributed by atoms with Crippen LogP contribution in [0.3, 0.4) is 0 Å². The normalized spacial score (nSPS) is 19.8. The summed E-state index contributed by atoms with van der Waals surface area (Å²) in [4.78, 5) is 35.1. The Balaban J connectivity index is 1.53. The van der Waals surface area contributed by atoms with Gasteiger partial charge in [0.2, 0.25) is 5.91 Å². The standard InChI is InChI=1S/C26H34N4O6S/c1-18-23(25(32)36-14-13-33-2)24(19-5-4-6-21(15-19)34-3)30-20(17-37-26(30)28-18)16-22(31)27-7-8-29-9-11-35-12-10-29/h4-6,15,17,24H,7-14,16H2,1-3H3,(H,27,31). The van der Waals surface area contributed by atoms with Gasteiger partial charge in [0.05, 0.1) is 50.7 Å². The Bertz CT molecular complexity index is 1080. The summed E-state index contributed by atoms with van der Waals surface area (Å²) in [5.74, 6) is 0.127. The summed E-state index contributed by atoms with van der Waals surface area (Å²) in [6.07, 6.45) is 0.167. The molecular weight excluding hydrogens is 496 g/mol. The number of allylic oxidation sites excluding steroid dienone is 1. The van der Waals surface area contributed by atoms with Gasteiger partial charge in [-0.25, -0.2) is 9.79 Å². The number of nitrogens with zero attached hydrogens (tertiary/aromatic N) is 3. The summed E-state index contributed by atoms with van der Waals surface area (Å²) in [7, 11) is 3.16. The zero-order chi connectivity index (χ0) is 26.2. The van der Waals surface area contributed by atoms with Crippen molar-refractivity contribution in [2.24, 2.45) is 4.99 Å². The van der Waals surface area contributed by atoms with E-state index < -0.39 is 12.0 Å². The van der Waals surface area contributed by atoms with E-state index in [2.05, 4.69) is 10.2 Å². The summed E-state index contributed by atoms with van der Waals surface area (Å²) < 4.78 is 21.4. The quantitative estimate of drug-likeness (QED) is 0.341. The number of aliphatic imine (C=N–C) groups is 1. The minimum absolute atomic E-state index is 0.0822. The topological polar surface area (TPSA) is 102 Å². The predicted octanol–water partition coefficient (Wildman–Crippen LogP) is 2.30. The van der Waals surface area contributed by atoms with Gasteiger partial charge < -0.3 is 29.2 Å². The molecule has 3 aliphatic heterocycles. The predicted molar refractivity (Wildman–Crippen MR) is 141 cm³/mol. The molecule has 0 bridgehead atoms. The van der Waals surface area contributed by atoms with Crippen molar-refractivity contribution in [2.75, 3.05) is 66.8 Å². The lowest BCUT2D eigenvalue weighted by molar-refractivity contribution is -0.141. The number of hydrogen-bond acceptors (Lipinski definition) is 10. The van der Waals surface area contributed by atoms with E-state index in [1.54, 1.807) is 21.1 Å². The van der Waals surface area contributed by atoms with Crippen LogP contribution in [0, 0.1) is 0 Å². The van der Waals surface area contributed by atoms with Crippen molar-refractivity contribution >= 4 is 28.8 Å². The number of nitrogens with one attached hydrogen (secondary N) is 1. The van der Waals surface area contributed by atoms with Gasteiger partial charge >= 0.3 is 5.97 Å². The molecule has 1 fully saturated rings. The molecule has 1 saturated heterocycles. The molecule has 0 saturated carbocycles. The van der Waals surface area contributed by atoms with Crippen LogP contribution in [0.25, 0.3) is 0 Å². The summed E-state index contributed by atoms with van der Waals surface area (Å²) in [6, 6.07) is 7.06. The molecule has 1 atom stereocenters. The smallest absolute Gasteiger partial charge is 0.338 e. The zero-order valence-electron chi connectivity index (χ0n) is 21.5. The van der Waals surface area contributed by atoms with E-state index in [9.17, 15) is 9.59 Å². The Morgan fingerprint density at radius 1 is 1.22 bits per heavy atom. The number of thioether (sulfide) groups is 1. The van der Waals surface area contributed by atoms with Crippen LogP contribution in [0.15, 0.2) is 51.6 Å². The van der Waals surface area contributed by atoms with Crippen LogP contribution in [0.1, 0.15) is 24.9 Å². The van der Waals surface area contributed by atoms with Crippen molar-refractivity contribution < 1.29 is 28.5 Å². The molecule has 1 aromatic carbocycles. The number of amidine groups is 1. The molecular formula is C26H34N4O6S. The van der Waals surface area contributed by atoms with E-state index in [0.717, 1.165) is 49.3 Å². The van der Waals surface area contributed by atoms with E-state index in [0.29, 0.717) is 30.2 Å². The maximum absolute atomic E-state index is 13.2. The van der Waals surface area contributed by atoms with Gasteiger partial charge in [-0.15, -0.1) is 0 Å². The van der Waals surface area contributed by atoms with Gasteiger partial charge in [-0.3, -0.25) is 9.69 Å². The van der Waals surface area contributed by atoms with Crippen molar-refractivity contribution in [3.63, 3.8) is 0 Å². The molecule has 11 heteroatoms. The van der Waals surface area contributed by atoms with Gasteiger partial charge in [-0.1, -0.05) is 23.9 Å². The number of fused-ring (bicyclic) bond motifs is 1. The molecule has 1 N–H and O–H groups in total. The highest BCUT2D eigenvalue weighted by molar-refractivity contribution is 8.16. The Hall–Kier alpha value is -2.86. The van der Waals surface area contributed by atoms with Crippen molar-refractivity contribution in [3.8, 4) is 5.75 Å². The second kappa shape index (κ2) is 13.1. The molecule has 4 rings (SSSR count). The summed E-state index contributed by atoms with van der Waals surface area (Å²) >= 11 is 1.44. The van der Waals surface area contributed by atoms with Crippen molar-refractivity contribution in [3.05, 3.63) is 52.2 Å². The number of benzene rings is 1. The molecule has 3 aliphatic rings. The van der Waals surface area contributed by atoms with Crippen LogP contribution in [0.4, 0.5) is 0 Å². The average Bonchev–Trinajstić information content (AvgIpc) is 3.30. The van der Waals surface area contributed by atoms with Crippen LogP contribution in [0.5, 0.6) is 5.75 Å². The number of ether oxygens (including phenoxy) is 4. The lowest BCUT2D eigenvalue weighted by Gasteiger charge is -2.36. The number of hydrogen-bond donors (Lipinski definition) is 1. The van der Waals surface area contributed by atoms with E-state index in [-0.39, 0.29) is 18.9 Å². The Morgan fingerprint density at radius 2 is 2.03 bits per heavy atom. The molecule has 1 unspecified atom stereocenters. The van der Waals surface area contributed by atoms with E-state index >= 15 is 0 Å². The zero-order valence-corrected chi connectivity index (χ0v) is 22.3.